The molecule has 1 saturated heterocycles. The van der Waals surface area contributed by atoms with Crippen molar-refractivity contribution >= 4 is 22.8 Å². The molecule has 138 valence electrons. The second-order valence-electron chi connectivity index (χ2n) is 6.51. The number of hydrogen-bond donors (Lipinski definition) is 2. The van der Waals surface area contributed by atoms with E-state index < -0.39 is 0 Å². The van der Waals surface area contributed by atoms with Gasteiger partial charge in [0, 0.05) is 43.7 Å². The Balaban J connectivity index is 1.68. The Morgan fingerprint density at radius 3 is 2.96 bits per heavy atom. The fourth-order valence-corrected chi connectivity index (χ4v) is 3.30. The molecule has 2 aromatic rings. The number of nitrogens with zero attached hydrogens (tertiary/aromatic N) is 3. The monoisotopic (exact) mass is 353 g/mol. The minimum Gasteiger partial charge on any atom is -0.357 e. The number of hydrogen-bond acceptors (Lipinski definition) is 3. The zero-order valence-corrected chi connectivity index (χ0v) is 15.5. The quantitative estimate of drug-likeness (QED) is 0.639. The Bertz CT molecular complexity index is 783. The van der Waals surface area contributed by atoms with Crippen LogP contribution in [0.15, 0.2) is 41.5 Å². The van der Waals surface area contributed by atoms with Gasteiger partial charge in [0.2, 0.25) is 5.91 Å². The molecule has 0 spiro atoms. The predicted molar refractivity (Wildman–Crippen MR) is 105 cm³/mol. The molecule has 2 heterocycles. The summed E-state index contributed by atoms with van der Waals surface area (Å²) >= 11 is 0. The van der Waals surface area contributed by atoms with Crippen molar-refractivity contribution in [2.45, 2.75) is 39.3 Å². The van der Waals surface area contributed by atoms with Crippen molar-refractivity contribution in [3.8, 4) is 0 Å². The number of carbonyl (C=O) groups excluding carboxylic acids is 1. The SMILES string of the molecule is CCNC(=NCc1ccnc2ccccc12)NC1CCN(C(=O)CC)C1. The molecule has 26 heavy (non-hydrogen) atoms. The van der Waals surface area contributed by atoms with E-state index in [1.54, 1.807) is 0 Å². The average Bonchev–Trinajstić information content (AvgIpc) is 3.14. The molecular weight excluding hydrogens is 326 g/mol. The van der Waals surface area contributed by atoms with Crippen LogP contribution in [0.1, 0.15) is 32.3 Å². The third kappa shape index (κ3) is 4.31. The van der Waals surface area contributed by atoms with Gasteiger partial charge in [-0.3, -0.25) is 9.78 Å². The van der Waals surface area contributed by atoms with Crippen LogP contribution in [-0.2, 0) is 11.3 Å². The van der Waals surface area contributed by atoms with Crippen LogP contribution in [0.5, 0.6) is 0 Å². The first-order valence-corrected chi connectivity index (χ1v) is 9.36. The van der Waals surface area contributed by atoms with Gasteiger partial charge in [-0.1, -0.05) is 25.1 Å². The summed E-state index contributed by atoms with van der Waals surface area (Å²) < 4.78 is 0. The molecule has 1 amide bonds. The number of aliphatic imine (C=N–C) groups is 1. The van der Waals surface area contributed by atoms with E-state index in [-0.39, 0.29) is 11.9 Å². The fraction of sp³-hybridized carbons (Fsp3) is 0.450. The molecular formula is C20H27N5O. The number of aromatic nitrogens is 1. The van der Waals surface area contributed by atoms with Crippen molar-refractivity contribution < 1.29 is 4.79 Å². The van der Waals surface area contributed by atoms with E-state index in [4.69, 9.17) is 4.99 Å². The number of pyridine rings is 1. The summed E-state index contributed by atoms with van der Waals surface area (Å²) in [6.07, 6.45) is 3.35. The Hall–Kier alpha value is -2.63. The van der Waals surface area contributed by atoms with Gasteiger partial charge < -0.3 is 15.5 Å². The van der Waals surface area contributed by atoms with Crippen LogP contribution in [-0.4, -0.2) is 47.4 Å². The smallest absolute Gasteiger partial charge is 0.222 e. The highest BCUT2D eigenvalue weighted by Crippen LogP contribution is 2.17. The molecule has 6 nitrogen and oxygen atoms in total. The average molecular weight is 353 g/mol. The molecule has 3 rings (SSSR count). The lowest BCUT2D eigenvalue weighted by Gasteiger charge is -2.18. The molecule has 1 fully saturated rings. The van der Waals surface area contributed by atoms with Crippen molar-refractivity contribution in [1.82, 2.24) is 20.5 Å². The fourth-order valence-electron chi connectivity index (χ4n) is 3.30. The summed E-state index contributed by atoms with van der Waals surface area (Å²) in [7, 11) is 0. The molecule has 2 N–H and O–H groups in total. The summed E-state index contributed by atoms with van der Waals surface area (Å²) in [6.45, 7) is 6.91. The molecule has 1 unspecified atom stereocenters. The zero-order valence-electron chi connectivity index (χ0n) is 15.5. The van der Waals surface area contributed by atoms with Crippen molar-refractivity contribution in [3.05, 3.63) is 42.1 Å². The van der Waals surface area contributed by atoms with Crippen LogP contribution in [0.3, 0.4) is 0 Å². The molecule has 0 radical (unpaired) electrons. The van der Waals surface area contributed by atoms with Gasteiger partial charge in [0.25, 0.3) is 0 Å². The number of fused-ring (bicyclic) bond motifs is 1. The normalized spacial score (nSPS) is 17.5. The van der Waals surface area contributed by atoms with Gasteiger partial charge in [-0.25, -0.2) is 4.99 Å². The highest BCUT2D eigenvalue weighted by Gasteiger charge is 2.25. The van der Waals surface area contributed by atoms with Crippen LogP contribution < -0.4 is 10.6 Å². The number of para-hydroxylation sites is 1. The maximum Gasteiger partial charge on any atom is 0.222 e. The summed E-state index contributed by atoms with van der Waals surface area (Å²) in [6, 6.07) is 10.4. The van der Waals surface area contributed by atoms with Crippen LogP contribution in [0.4, 0.5) is 0 Å². The van der Waals surface area contributed by atoms with E-state index in [9.17, 15) is 4.79 Å². The maximum atomic E-state index is 11.9. The standard InChI is InChI=1S/C20H27N5O/c1-3-19(26)25-12-10-16(14-25)24-20(21-4-2)23-13-15-9-11-22-18-8-6-5-7-17(15)18/h5-9,11,16H,3-4,10,12-14H2,1-2H3,(H2,21,23,24). The summed E-state index contributed by atoms with van der Waals surface area (Å²) in [5, 5.41) is 7.91. The molecule has 1 atom stereocenters. The van der Waals surface area contributed by atoms with Gasteiger partial charge >= 0.3 is 0 Å². The third-order valence-corrected chi connectivity index (χ3v) is 4.68. The Kier molecular flexibility index (Phi) is 6.04. The lowest BCUT2D eigenvalue weighted by atomic mass is 10.1. The topological polar surface area (TPSA) is 69.6 Å². The second kappa shape index (κ2) is 8.65. The lowest BCUT2D eigenvalue weighted by molar-refractivity contribution is -0.129. The first kappa shape index (κ1) is 18.2. The third-order valence-electron chi connectivity index (χ3n) is 4.68. The number of nitrogens with one attached hydrogen (secondary N) is 2. The van der Waals surface area contributed by atoms with E-state index in [1.165, 1.54) is 0 Å². The van der Waals surface area contributed by atoms with Gasteiger partial charge in [0.1, 0.15) is 0 Å². The molecule has 6 heteroatoms. The number of guanidine groups is 1. The Labute approximate surface area is 154 Å². The number of carbonyl (C=O) groups is 1. The van der Waals surface area contributed by atoms with Gasteiger partial charge in [-0.15, -0.1) is 0 Å². The number of benzene rings is 1. The lowest BCUT2D eigenvalue weighted by Crippen LogP contribution is -2.45. The van der Waals surface area contributed by atoms with Crippen LogP contribution in [0, 0.1) is 0 Å². The maximum absolute atomic E-state index is 11.9. The van der Waals surface area contributed by atoms with Crippen LogP contribution in [0.25, 0.3) is 10.9 Å². The minimum absolute atomic E-state index is 0.222. The van der Waals surface area contributed by atoms with E-state index in [1.807, 2.05) is 42.3 Å². The van der Waals surface area contributed by atoms with E-state index >= 15 is 0 Å². The molecule has 0 aliphatic carbocycles. The summed E-state index contributed by atoms with van der Waals surface area (Å²) in [4.78, 5) is 22.9. The Morgan fingerprint density at radius 1 is 1.31 bits per heavy atom. The molecule has 1 aromatic heterocycles. The predicted octanol–water partition coefficient (Wildman–Crippen LogP) is 2.30. The Morgan fingerprint density at radius 2 is 2.15 bits per heavy atom. The van der Waals surface area contributed by atoms with Gasteiger partial charge in [0.15, 0.2) is 5.96 Å². The summed E-state index contributed by atoms with van der Waals surface area (Å²) in [5.41, 5.74) is 2.14. The summed E-state index contributed by atoms with van der Waals surface area (Å²) in [5.74, 6) is 1.02. The van der Waals surface area contributed by atoms with Crippen LogP contribution in [0.2, 0.25) is 0 Å². The van der Waals surface area contributed by atoms with E-state index in [2.05, 4.69) is 28.6 Å². The number of likely N-dealkylation sites (tertiary alicyclic amines) is 1. The van der Waals surface area contributed by atoms with Gasteiger partial charge in [0.05, 0.1) is 12.1 Å². The van der Waals surface area contributed by atoms with Crippen molar-refractivity contribution in [2.75, 3.05) is 19.6 Å². The molecule has 1 aliphatic rings. The number of rotatable bonds is 5. The molecule has 0 bridgehead atoms. The van der Waals surface area contributed by atoms with Crippen molar-refractivity contribution in [2.24, 2.45) is 4.99 Å². The second-order valence-corrected chi connectivity index (χ2v) is 6.51. The minimum atomic E-state index is 0.222. The molecule has 0 saturated carbocycles. The van der Waals surface area contributed by atoms with Gasteiger partial charge in [-0.05, 0) is 31.0 Å². The van der Waals surface area contributed by atoms with E-state index in [0.29, 0.717) is 13.0 Å². The highest BCUT2D eigenvalue weighted by molar-refractivity contribution is 5.83. The highest BCUT2D eigenvalue weighted by atomic mass is 16.2. The first-order valence-electron chi connectivity index (χ1n) is 9.36. The zero-order chi connectivity index (χ0) is 18.4. The largest absolute Gasteiger partial charge is 0.357 e. The van der Waals surface area contributed by atoms with Gasteiger partial charge in [-0.2, -0.15) is 0 Å². The number of amides is 1. The van der Waals surface area contributed by atoms with Crippen LogP contribution >= 0.6 is 0 Å². The molecule has 1 aliphatic heterocycles. The molecule has 1 aromatic carbocycles. The van der Waals surface area contributed by atoms with Crippen molar-refractivity contribution in [1.29, 1.82) is 0 Å². The van der Waals surface area contributed by atoms with E-state index in [0.717, 1.165) is 48.5 Å². The van der Waals surface area contributed by atoms with Crippen molar-refractivity contribution in [3.63, 3.8) is 0 Å². The first-order chi connectivity index (χ1) is 12.7.